The van der Waals surface area contributed by atoms with Crippen LogP contribution in [0, 0.1) is 5.92 Å². The number of carbonyl (C=O) groups excluding carboxylic acids is 1. The highest BCUT2D eigenvalue weighted by Gasteiger charge is 2.08. The first-order valence-electron chi connectivity index (χ1n) is 5.01. The van der Waals surface area contributed by atoms with Crippen LogP contribution in [-0.2, 0) is 9.53 Å². The van der Waals surface area contributed by atoms with Crippen LogP contribution in [-0.4, -0.2) is 18.3 Å². The van der Waals surface area contributed by atoms with Crippen molar-refractivity contribution in [2.75, 3.05) is 12.4 Å². The predicted molar refractivity (Wildman–Crippen MR) is 58.1 cm³/mol. The number of esters is 1. The third-order valence-corrected chi connectivity index (χ3v) is 2.29. The molecule has 13 heavy (non-hydrogen) atoms. The van der Waals surface area contributed by atoms with E-state index in [-0.39, 0.29) is 5.97 Å². The molecule has 0 spiro atoms. The first-order chi connectivity index (χ1) is 6.24. The van der Waals surface area contributed by atoms with Crippen LogP contribution < -0.4 is 0 Å². The summed E-state index contributed by atoms with van der Waals surface area (Å²) in [5.74, 6) is 0.988. The second kappa shape index (κ2) is 8.42. The number of hydrogen-bond acceptors (Lipinski definition) is 3. The van der Waals surface area contributed by atoms with Crippen molar-refractivity contribution in [1.29, 1.82) is 0 Å². The van der Waals surface area contributed by atoms with Gasteiger partial charge in [0.1, 0.15) is 0 Å². The summed E-state index contributed by atoms with van der Waals surface area (Å²) < 4.78 is 5.10. The first kappa shape index (κ1) is 12.8. The molecule has 0 N–H and O–H groups in total. The van der Waals surface area contributed by atoms with Crippen LogP contribution in [0.15, 0.2) is 0 Å². The molecular formula is C10H20O2S. The molecule has 0 aliphatic heterocycles. The molecule has 2 nitrogen and oxygen atoms in total. The lowest BCUT2D eigenvalue weighted by molar-refractivity contribution is -0.144. The highest BCUT2D eigenvalue weighted by Crippen LogP contribution is 2.11. The van der Waals surface area contributed by atoms with Crippen molar-refractivity contribution in [2.45, 2.75) is 39.5 Å². The van der Waals surface area contributed by atoms with Crippen LogP contribution in [0.25, 0.3) is 0 Å². The van der Waals surface area contributed by atoms with E-state index in [9.17, 15) is 4.79 Å². The van der Waals surface area contributed by atoms with Gasteiger partial charge < -0.3 is 4.74 Å². The molecule has 0 saturated heterocycles. The smallest absolute Gasteiger partial charge is 0.306 e. The van der Waals surface area contributed by atoms with E-state index in [0.717, 1.165) is 19.3 Å². The third kappa shape index (κ3) is 6.94. The molecule has 0 radical (unpaired) electrons. The van der Waals surface area contributed by atoms with Gasteiger partial charge >= 0.3 is 5.97 Å². The molecule has 0 fully saturated rings. The van der Waals surface area contributed by atoms with Crippen LogP contribution >= 0.6 is 12.6 Å². The van der Waals surface area contributed by atoms with Gasteiger partial charge in [0.25, 0.3) is 0 Å². The molecule has 0 aromatic heterocycles. The Morgan fingerprint density at radius 1 is 1.46 bits per heavy atom. The van der Waals surface area contributed by atoms with Gasteiger partial charge in [-0.25, -0.2) is 0 Å². The summed E-state index contributed by atoms with van der Waals surface area (Å²) in [6, 6.07) is 0. The summed E-state index contributed by atoms with van der Waals surface area (Å²) >= 11 is 3.97. The van der Waals surface area contributed by atoms with Gasteiger partial charge in [-0.05, 0) is 12.3 Å². The monoisotopic (exact) mass is 204 g/mol. The Balaban J connectivity index is 3.52. The maximum absolute atomic E-state index is 11.0. The average Bonchev–Trinajstić information content (AvgIpc) is 2.12. The number of hydrogen-bond donors (Lipinski definition) is 1. The van der Waals surface area contributed by atoms with Crippen molar-refractivity contribution in [1.82, 2.24) is 0 Å². The van der Waals surface area contributed by atoms with E-state index in [4.69, 9.17) is 4.74 Å². The Bertz CT molecular complexity index is 137. The molecular weight excluding hydrogens is 184 g/mol. The second-order valence-corrected chi connectivity index (χ2v) is 3.67. The first-order valence-corrected chi connectivity index (χ1v) is 5.64. The molecule has 0 aromatic carbocycles. The van der Waals surface area contributed by atoms with Crippen molar-refractivity contribution in [3.63, 3.8) is 0 Å². The molecule has 1 atom stereocenters. The number of rotatable bonds is 7. The molecule has 3 heteroatoms. The van der Waals surface area contributed by atoms with E-state index in [1.165, 1.54) is 0 Å². The molecule has 78 valence electrons. The van der Waals surface area contributed by atoms with E-state index < -0.39 is 0 Å². The molecule has 1 unspecified atom stereocenters. The van der Waals surface area contributed by atoms with Gasteiger partial charge in [-0.2, -0.15) is 12.6 Å². The topological polar surface area (TPSA) is 26.3 Å². The minimum atomic E-state index is -0.121. The number of carbonyl (C=O) groups is 1. The summed E-state index contributed by atoms with van der Waals surface area (Å²) in [6.45, 7) is 4.86. The molecule has 0 amide bonds. The van der Waals surface area contributed by atoms with Gasteiger partial charge in [0, 0.05) is 5.75 Å². The lowest BCUT2D eigenvalue weighted by Crippen LogP contribution is -2.13. The largest absolute Gasteiger partial charge is 0.465 e. The maximum atomic E-state index is 11.0. The van der Waals surface area contributed by atoms with Gasteiger partial charge in [0.2, 0.25) is 0 Å². The normalized spacial score (nSPS) is 12.5. The standard InChI is InChI=1S/C10H20O2S/c1-3-5-9(4-2)8-12-10(11)6-7-13/h9,13H,3-8H2,1-2H3. The minimum Gasteiger partial charge on any atom is -0.465 e. The fraction of sp³-hybridized carbons (Fsp3) is 0.900. The highest BCUT2D eigenvalue weighted by molar-refractivity contribution is 7.80. The Morgan fingerprint density at radius 2 is 2.15 bits per heavy atom. The SMILES string of the molecule is CCCC(CC)COC(=O)CCS. The summed E-state index contributed by atoms with van der Waals surface area (Å²) in [5.41, 5.74) is 0. The zero-order chi connectivity index (χ0) is 10.1. The van der Waals surface area contributed by atoms with Gasteiger partial charge in [-0.3, -0.25) is 4.79 Å². The van der Waals surface area contributed by atoms with Crippen LogP contribution in [0.5, 0.6) is 0 Å². The van der Waals surface area contributed by atoms with Crippen LogP contribution in [0.2, 0.25) is 0 Å². The van der Waals surface area contributed by atoms with Crippen molar-refractivity contribution >= 4 is 18.6 Å². The van der Waals surface area contributed by atoms with Gasteiger partial charge in [0.05, 0.1) is 13.0 Å². The lowest BCUT2D eigenvalue weighted by atomic mass is 10.0. The highest BCUT2D eigenvalue weighted by atomic mass is 32.1. The zero-order valence-corrected chi connectivity index (χ0v) is 9.48. The molecule has 0 rings (SSSR count). The molecule has 0 heterocycles. The van der Waals surface area contributed by atoms with Gasteiger partial charge in [0.15, 0.2) is 0 Å². The van der Waals surface area contributed by atoms with Crippen molar-refractivity contribution < 1.29 is 9.53 Å². The van der Waals surface area contributed by atoms with Crippen molar-refractivity contribution in [3.8, 4) is 0 Å². The lowest BCUT2D eigenvalue weighted by Gasteiger charge is -2.13. The molecule has 0 bridgehead atoms. The predicted octanol–water partition coefficient (Wildman–Crippen LogP) is 2.68. The van der Waals surface area contributed by atoms with E-state index in [1.54, 1.807) is 0 Å². The number of thiol groups is 1. The van der Waals surface area contributed by atoms with E-state index in [1.807, 2.05) is 0 Å². The number of ether oxygens (including phenoxy) is 1. The van der Waals surface area contributed by atoms with Crippen LogP contribution in [0.4, 0.5) is 0 Å². The fourth-order valence-electron chi connectivity index (χ4n) is 1.19. The summed E-state index contributed by atoms with van der Waals surface area (Å²) in [4.78, 5) is 11.0. The maximum Gasteiger partial charge on any atom is 0.306 e. The molecule has 0 aliphatic rings. The summed E-state index contributed by atoms with van der Waals surface area (Å²) in [5, 5.41) is 0. The Kier molecular flexibility index (Phi) is 8.30. The summed E-state index contributed by atoms with van der Waals surface area (Å²) in [7, 11) is 0. The van der Waals surface area contributed by atoms with Crippen LogP contribution in [0.1, 0.15) is 39.5 Å². The van der Waals surface area contributed by atoms with E-state index >= 15 is 0 Å². The van der Waals surface area contributed by atoms with Crippen LogP contribution in [0.3, 0.4) is 0 Å². The molecule has 0 aromatic rings. The van der Waals surface area contributed by atoms with Crippen molar-refractivity contribution in [2.24, 2.45) is 5.92 Å². The van der Waals surface area contributed by atoms with Gasteiger partial charge in [-0.1, -0.05) is 26.7 Å². The quantitative estimate of drug-likeness (QED) is 0.510. The second-order valence-electron chi connectivity index (χ2n) is 3.22. The van der Waals surface area contributed by atoms with E-state index in [2.05, 4.69) is 26.5 Å². The summed E-state index contributed by atoms with van der Waals surface area (Å²) in [6.07, 6.45) is 3.81. The Labute approximate surface area is 86.5 Å². The van der Waals surface area contributed by atoms with E-state index in [0.29, 0.717) is 24.7 Å². The fourth-order valence-corrected chi connectivity index (χ4v) is 1.37. The Morgan fingerprint density at radius 3 is 2.62 bits per heavy atom. The average molecular weight is 204 g/mol. The van der Waals surface area contributed by atoms with Crippen molar-refractivity contribution in [3.05, 3.63) is 0 Å². The molecule has 0 aliphatic carbocycles. The molecule has 0 saturated carbocycles. The zero-order valence-electron chi connectivity index (χ0n) is 8.58. The van der Waals surface area contributed by atoms with Gasteiger partial charge in [-0.15, -0.1) is 0 Å². The third-order valence-electron chi connectivity index (χ3n) is 2.07. The minimum absolute atomic E-state index is 0.121. The Hall–Kier alpha value is -0.180.